The number of aldehydes is 1. The number of carbonyl (C=O) groups is 1. The number of nitrogens with one attached hydrogen (secondary N) is 2. The van der Waals surface area contributed by atoms with Gasteiger partial charge in [0.2, 0.25) is 0 Å². The standard InChI is InChI=1S/C20H32N4O/c25-14-4-1-5-18-15-19(22-8-11-23-9-2-3-10-23)17-20(16-18)24-12-6-21-7-13-24/h14-17,21-22H,1-13H2. The van der Waals surface area contributed by atoms with Crippen LogP contribution >= 0.6 is 0 Å². The molecule has 5 heteroatoms. The second-order valence-corrected chi connectivity index (χ2v) is 7.16. The second kappa shape index (κ2) is 9.78. The van der Waals surface area contributed by atoms with Gasteiger partial charge in [-0.15, -0.1) is 0 Å². The van der Waals surface area contributed by atoms with Gasteiger partial charge in [-0.1, -0.05) is 0 Å². The van der Waals surface area contributed by atoms with Gasteiger partial charge < -0.3 is 25.2 Å². The van der Waals surface area contributed by atoms with Crippen molar-refractivity contribution in [3.05, 3.63) is 23.8 Å². The Bertz CT molecular complexity index is 536. The number of hydrogen-bond acceptors (Lipinski definition) is 5. The summed E-state index contributed by atoms with van der Waals surface area (Å²) >= 11 is 0. The molecule has 2 saturated heterocycles. The fraction of sp³-hybridized carbons (Fsp3) is 0.650. The lowest BCUT2D eigenvalue weighted by Crippen LogP contribution is -2.43. The maximum atomic E-state index is 10.6. The zero-order chi connectivity index (χ0) is 17.3. The molecule has 0 atom stereocenters. The van der Waals surface area contributed by atoms with Crippen LogP contribution in [0.25, 0.3) is 0 Å². The highest BCUT2D eigenvalue weighted by Gasteiger charge is 2.13. The van der Waals surface area contributed by atoms with Crippen LogP contribution in [0.1, 0.15) is 31.2 Å². The highest BCUT2D eigenvalue weighted by molar-refractivity contribution is 5.61. The molecule has 0 radical (unpaired) electrons. The zero-order valence-electron chi connectivity index (χ0n) is 15.3. The van der Waals surface area contributed by atoms with E-state index in [1.54, 1.807) is 0 Å². The third-order valence-electron chi connectivity index (χ3n) is 5.20. The third-order valence-corrected chi connectivity index (χ3v) is 5.20. The molecule has 25 heavy (non-hydrogen) atoms. The Labute approximate surface area is 151 Å². The molecule has 0 aliphatic carbocycles. The first-order valence-electron chi connectivity index (χ1n) is 9.84. The van der Waals surface area contributed by atoms with E-state index in [9.17, 15) is 4.79 Å². The van der Waals surface area contributed by atoms with Crippen molar-refractivity contribution in [2.45, 2.75) is 32.1 Å². The molecule has 138 valence electrons. The summed E-state index contributed by atoms with van der Waals surface area (Å²) in [5.74, 6) is 0. The van der Waals surface area contributed by atoms with Gasteiger partial charge in [-0.3, -0.25) is 0 Å². The van der Waals surface area contributed by atoms with E-state index in [4.69, 9.17) is 0 Å². The number of hydrogen-bond donors (Lipinski definition) is 2. The zero-order valence-corrected chi connectivity index (χ0v) is 15.3. The smallest absolute Gasteiger partial charge is 0.120 e. The number of carbonyl (C=O) groups excluding carboxylic acids is 1. The summed E-state index contributed by atoms with van der Waals surface area (Å²) in [5.41, 5.74) is 3.87. The molecular formula is C20H32N4O. The van der Waals surface area contributed by atoms with Crippen LogP contribution < -0.4 is 15.5 Å². The number of piperazine rings is 1. The molecule has 0 aromatic heterocycles. The van der Waals surface area contributed by atoms with Crippen molar-refractivity contribution in [1.29, 1.82) is 0 Å². The molecular weight excluding hydrogens is 312 g/mol. The molecule has 5 nitrogen and oxygen atoms in total. The molecule has 0 unspecified atom stereocenters. The number of unbranched alkanes of at least 4 members (excludes halogenated alkanes) is 1. The first-order valence-corrected chi connectivity index (χ1v) is 9.84. The van der Waals surface area contributed by atoms with Crippen LogP contribution in [0.2, 0.25) is 0 Å². The van der Waals surface area contributed by atoms with Gasteiger partial charge in [0.15, 0.2) is 0 Å². The Kier molecular flexibility index (Phi) is 7.12. The SMILES string of the molecule is O=CCCCc1cc(NCCN2CCCC2)cc(N2CCNCC2)c1. The van der Waals surface area contributed by atoms with Crippen molar-refractivity contribution < 1.29 is 4.79 Å². The quantitative estimate of drug-likeness (QED) is 0.531. The van der Waals surface area contributed by atoms with E-state index in [1.807, 2.05) is 0 Å². The predicted octanol–water partition coefficient (Wildman–Crippen LogP) is 2.13. The van der Waals surface area contributed by atoms with Crippen molar-refractivity contribution in [1.82, 2.24) is 10.2 Å². The van der Waals surface area contributed by atoms with Crippen LogP contribution in [-0.2, 0) is 11.2 Å². The summed E-state index contributed by atoms with van der Waals surface area (Å²) < 4.78 is 0. The van der Waals surface area contributed by atoms with Crippen molar-refractivity contribution in [3.8, 4) is 0 Å². The minimum Gasteiger partial charge on any atom is -0.384 e. The highest BCUT2D eigenvalue weighted by Crippen LogP contribution is 2.24. The number of rotatable bonds is 9. The number of likely N-dealkylation sites (tertiary alicyclic amines) is 1. The molecule has 2 fully saturated rings. The maximum Gasteiger partial charge on any atom is 0.120 e. The Morgan fingerprint density at radius 1 is 1.08 bits per heavy atom. The summed E-state index contributed by atoms with van der Waals surface area (Å²) in [7, 11) is 0. The largest absolute Gasteiger partial charge is 0.384 e. The molecule has 0 saturated carbocycles. The lowest BCUT2D eigenvalue weighted by atomic mass is 10.1. The fourth-order valence-corrected chi connectivity index (χ4v) is 3.78. The monoisotopic (exact) mass is 344 g/mol. The van der Waals surface area contributed by atoms with E-state index in [-0.39, 0.29) is 0 Å². The van der Waals surface area contributed by atoms with E-state index in [2.05, 4.69) is 38.6 Å². The van der Waals surface area contributed by atoms with E-state index >= 15 is 0 Å². The van der Waals surface area contributed by atoms with Crippen molar-refractivity contribution in [3.63, 3.8) is 0 Å². The van der Waals surface area contributed by atoms with Crippen molar-refractivity contribution in [2.75, 3.05) is 62.6 Å². The topological polar surface area (TPSA) is 47.6 Å². The number of anilines is 2. The third kappa shape index (κ3) is 5.72. The lowest BCUT2D eigenvalue weighted by Gasteiger charge is -2.30. The normalized spacial score (nSPS) is 18.5. The number of aryl methyl sites for hydroxylation is 1. The minimum absolute atomic E-state index is 0.648. The van der Waals surface area contributed by atoms with Crippen LogP contribution in [-0.4, -0.2) is 63.5 Å². The summed E-state index contributed by atoms with van der Waals surface area (Å²) in [6.07, 6.45) is 6.27. The van der Waals surface area contributed by atoms with Gasteiger partial charge in [0.25, 0.3) is 0 Å². The van der Waals surface area contributed by atoms with E-state index in [0.717, 1.165) is 58.4 Å². The van der Waals surface area contributed by atoms with Crippen molar-refractivity contribution >= 4 is 17.7 Å². The van der Waals surface area contributed by atoms with Crippen LogP contribution in [0.5, 0.6) is 0 Å². The molecule has 0 bridgehead atoms. The predicted molar refractivity (Wildman–Crippen MR) is 105 cm³/mol. The molecule has 1 aromatic rings. The van der Waals surface area contributed by atoms with Crippen LogP contribution in [0.3, 0.4) is 0 Å². The number of benzene rings is 1. The average molecular weight is 345 g/mol. The summed E-state index contributed by atoms with van der Waals surface area (Å²) in [5, 5.41) is 7.05. The van der Waals surface area contributed by atoms with Crippen LogP contribution in [0.15, 0.2) is 18.2 Å². The van der Waals surface area contributed by atoms with Crippen molar-refractivity contribution in [2.24, 2.45) is 0 Å². The molecule has 1 aromatic carbocycles. The average Bonchev–Trinajstić information content (AvgIpc) is 3.16. The number of nitrogens with zero attached hydrogens (tertiary/aromatic N) is 2. The van der Waals surface area contributed by atoms with Gasteiger partial charge in [-0.05, 0) is 62.5 Å². The van der Waals surface area contributed by atoms with Gasteiger partial charge in [0, 0.05) is 57.1 Å². The van der Waals surface area contributed by atoms with Gasteiger partial charge in [0.1, 0.15) is 6.29 Å². The molecule has 2 N–H and O–H groups in total. The van der Waals surface area contributed by atoms with E-state index in [0.29, 0.717) is 6.42 Å². The summed E-state index contributed by atoms with van der Waals surface area (Å²) in [4.78, 5) is 15.6. The van der Waals surface area contributed by atoms with Gasteiger partial charge in [0.05, 0.1) is 0 Å². The summed E-state index contributed by atoms with van der Waals surface area (Å²) in [6.45, 7) is 8.84. The van der Waals surface area contributed by atoms with E-state index < -0.39 is 0 Å². The Balaban J connectivity index is 1.63. The highest BCUT2D eigenvalue weighted by atomic mass is 16.1. The van der Waals surface area contributed by atoms with Crippen LogP contribution in [0, 0.1) is 0 Å². The Hall–Kier alpha value is -1.59. The molecule has 3 rings (SSSR count). The van der Waals surface area contributed by atoms with Gasteiger partial charge in [-0.25, -0.2) is 0 Å². The Morgan fingerprint density at radius 3 is 2.64 bits per heavy atom. The summed E-state index contributed by atoms with van der Waals surface area (Å²) in [6, 6.07) is 6.86. The first kappa shape index (κ1) is 18.2. The maximum absolute atomic E-state index is 10.6. The van der Waals surface area contributed by atoms with Crippen LogP contribution in [0.4, 0.5) is 11.4 Å². The minimum atomic E-state index is 0.648. The molecule has 0 spiro atoms. The van der Waals surface area contributed by atoms with Gasteiger partial charge >= 0.3 is 0 Å². The molecule has 2 aliphatic heterocycles. The molecule has 2 aliphatic rings. The second-order valence-electron chi connectivity index (χ2n) is 7.16. The van der Waals surface area contributed by atoms with Gasteiger partial charge in [-0.2, -0.15) is 0 Å². The molecule has 2 heterocycles. The van der Waals surface area contributed by atoms with E-state index in [1.165, 1.54) is 42.9 Å². The first-order chi connectivity index (χ1) is 12.3. The Morgan fingerprint density at radius 2 is 1.88 bits per heavy atom. The fourth-order valence-electron chi connectivity index (χ4n) is 3.78. The lowest BCUT2D eigenvalue weighted by molar-refractivity contribution is -0.107. The molecule has 0 amide bonds.